The van der Waals surface area contributed by atoms with Gasteiger partial charge in [0.2, 0.25) is 0 Å². The maximum atomic E-state index is 12.5. The van der Waals surface area contributed by atoms with Crippen molar-refractivity contribution in [3.8, 4) is 0 Å². The van der Waals surface area contributed by atoms with Crippen molar-refractivity contribution in [3.63, 3.8) is 0 Å². The van der Waals surface area contributed by atoms with Gasteiger partial charge in [-0.25, -0.2) is 9.69 Å². The van der Waals surface area contributed by atoms with Crippen molar-refractivity contribution in [1.29, 1.82) is 0 Å². The van der Waals surface area contributed by atoms with Crippen LogP contribution in [0, 0.1) is 0 Å². The molecule has 1 aromatic heterocycles. The van der Waals surface area contributed by atoms with E-state index in [0.29, 0.717) is 22.5 Å². The third-order valence-electron chi connectivity index (χ3n) is 4.55. The number of nitrogens with zero attached hydrogens (tertiary/aromatic N) is 3. The summed E-state index contributed by atoms with van der Waals surface area (Å²) in [6.07, 6.45) is 2.51. The number of aromatic nitrogens is 2. The number of carbonyl (C=O) groups is 4. The number of anilines is 2. The summed E-state index contributed by atoms with van der Waals surface area (Å²) in [4.78, 5) is 49.9. The van der Waals surface area contributed by atoms with E-state index >= 15 is 0 Å². The van der Waals surface area contributed by atoms with Crippen LogP contribution < -0.4 is 10.2 Å². The third kappa shape index (κ3) is 3.28. The summed E-state index contributed by atoms with van der Waals surface area (Å²) in [5.41, 5.74) is 1.90. The normalized spacial score (nSPS) is 12.5. The fourth-order valence-corrected chi connectivity index (χ4v) is 3.00. The number of nitrogens with one attached hydrogen (secondary N) is 1. The molecule has 3 amide bonds. The molecule has 0 saturated carbocycles. The highest BCUT2D eigenvalue weighted by Crippen LogP contribution is 2.27. The number of fused-ring (bicyclic) bond motifs is 1. The number of carbonyl (C=O) groups excluding carboxylic acids is 4. The Morgan fingerprint density at radius 3 is 1.90 bits per heavy atom. The van der Waals surface area contributed by atoms with Crippen LogP contribution in [0.3, 0.4) is 0 Å². The molecule has 0 saturated heterocycles. The third-order valence-corrected chi connectivity index (χ3v) is 4.55. The van der Waals surface area contributed by atoms with E-state index in [1.165, 1.54) is 55.9 Å². The lowest BCUT2D eigenvalue weighted by Gasteiger charge is -2.14. The fraction of sp³-hybridized carbons (Fsp3) is 0.0476. The maximum absolute atomic E-state index is 12.5. The Labute approximate surface area is 170 Å². The van der Waals surface area contributed by atoms with Gasteiger partial charge in [-0.3, -0.25) is 14.4 Å². The monoisotopic (exact) mass is 402 g/mol. The zero-order chi connectivity index (χ0) is 21.3. The van der Waals surface area contributed by atoms with Gasteiger partial charge in [0.25, 0.3) is 17.7 Å². The van der Waals surface area contributed by atoms with Crippen LogP contribution in [0.15, 0.2) is 60.9 Å². The zero-order valence-electron chi connectivity index (χ0n) is 15.7. The lowest BCUT2D eigenvalue weighted by Crippen LogP contribution is -2.29. The molecule has 2 heterocycles. The molecule has 148 valence electrons. The molecule has 1 aliphatic rings. The molecule has 4 rings (SSSR count). The van der Waals surface area contributed by atoms with E-state index in [2.05, 4.69) is 20.3 Å². The van der Waals surface area contributed by atoms with Gasteiger partial charge in [0, 0.05) is 11.3 Å². The van der Waals surface area contributed by atoms with Gasteiger partial charge in [-0.1, -0.05) is 0 Å². The molecule has 0 atom stereocenters. The summed E-state index contributed by atoms with van der Waals surface area (Å²) in [5.74, 6) is -1.84. The summed E-state index contributed by atoms with van der Waals surface area (Å²) in [7, 11) is 1.29. The molecule has 2 aromatic carbocycles. The van der Waals surface area contributed by atoms with Gasteiger partial charge >= 0.3 is 5.97 Å². The lowest BCUT2D eigenvalue weighted by atomic mass is 10.1. The van der Waals surface area contributed by atoms with Gasteiger partial charge in [0.05, 0.1) is 41.9 Å². The Kier molecular flexibility index (Phi) is 4.77. The van der Waals surface area contributed by atoms with E-state index in [0.717, 1.165) is 4.90 Å². The Bertz CT molecular complexity index is 1140. The van der Waals surface area contributed by atoms with Gasteiger partial charge in [0.1, 0.15) is 0 Å². The van der Waals surface area contributed by atoms with Gasteiger partial charge in [-0.05, 0) is 48.5 Å². The molecule has 0 aliphatic carbocycles. The first kappa shape index (κ1) is 18.9. The quantitative estimate of drug-likeness (QED) is 0.525. The van der Waals surface area contributed by atoms with Crippen molar-refractivity contribution in [2.45, 2.75) is 0 Å². The number of rotatable bonds is 4. The minimum Gasteiger partial charge on any atom is -0.465 e. The summed E-state index contributed by atoms with van der Waals surface area (Å²) in [5, 5.41) is 9.98. The van der Waals surface area contributed by atoms with E-state index in [9.17, 15) is 19.2 Å². The minimum absolute atomic E-state index is 0.187. The molecule has 0 radical (unpaired) electrons. The highest BCUT2D eigenvalue weighted by Gasteiger charge is 2.37. The lowest BCUT2D eigenvalue weighted by molar-refractivity contribution is 0.0600. The van der Waals surface area contributed by atoms with Gasteiger partial charge in [-0.2, -0.15) is 10.2 Å². The molecular weight excluding hydrogens is 388 g/mol. The second-order valence-electron chi connectivity index (χ2n) is 6.33. The second-order valence-corrected chi connectivity index (χ2v) is 6.33. The molecule has 9 nitrogen and oxygen atoms in total. The Hall–Kier alpha value is -4.40. The summed E-state index contributed by atoms with van der Waals surface area (Å²) >= 11 is 0. The average molecular weight is 402 g/mol. The van der Waals surface area contributed by atoms with Crippen molar-refractivity contribution in [1.82, 2.24) is 10.2 Å². The van der Waals surface area contributed by atoms with Crippen LogP contribution in [0.25, 0.3) is 0 Å². The summed E-state index contributed by atoms with van der Waals surface area (Å²) in [6, 6.07) is 12.3. The first-order chi connectivity index (χ1) is 14.5. The van der Waals surface area contributed by atoms with Crippen molar-refractivity contribution in [2.75, 3.05) is 17.3 Å². The molecule has 1 N–H and O–H groups in total. The Balaban J connectivity index is 1.49. The van der Waals surface area contributed by atoms with Crippen molar-refractivity contribution in [3.05, 3.63) is 83.2 Å². The van der Waals surface area contributed by atoms with Crippen molar-refractivity contribution >= 4 is 35.1 Å². The van der Waals surface area contributed by atoms with Crippen LogP contribution in [0.1, 0.15) is 41.4 Å². The minimum atomic E-state index is -0.493. The standard InChI is InChI=1S/C21H14N4O5/c1-30-21(29)13-2-6-14(7-3-13)24-18(26)12-4-8-15(9-5-12)25-19(27)16-10-22-23-11-17(16)20(25)28/h2-11H,1H3,(H,24,26). The van der Waals surface area contributed by atoms with Crippen LogP contribution in [0.4, 0.5) is 11.4 Å². The highest BCUT2D eigenvalue weighted by atomic mass is 16.5. The smallest absolute Gasteiger partial charge is 0.337 e. The van der Waals surface area contributed by atoms with E-state index in [1.807, 2.05) is 0 Å². The number of imide groups is 1. The number of methoxy groups -OCH3 is 1. The van der Waals surface area contributed by atoms with Crippen LogP contribution in [0.2, 0.25) is 0 Å². The van der Waals surface area contributed by atoms with Gasteiger partial charge in [-0.15, -0.1) is 0 Å². The van der Waals surface area contributed by atoms with E-state index in [1.54, 1.807) is 12.1 Å². The SMILES string of the molecule is COC(=O)c1ccc(NC(=O)c2ccc(N3C(=O)c4cnncc4C3=O)cc2)cc1. The predicted molar refractivity (Wildman–Crippen MR) is 105 cm³/mol. The van der Waals surface area contributed by atoms with E-state index in [-0.39, 0.29) is 17.0 Å². The Morgan fingerprint density at radius 2 is 1.37 bits per heavy atom. The predicted octanol–water partition coefficient (Wildman–Crippen LogP) is 2.32. The van der Waals surface area contributed by atoms with Gasteiger partial charge in [0.15, 0.2) is 0 Å². The van der Waals surface area contributed by atoms with Crippen LogP contribution >= 0.6 is 0 Å². The zero-order valence-corrected chi connectivity index (χ0v) is 15.7. The van der Waals surface area contributed by atoms with Crippen LogP contribution in [0.5, 0.6) is 0 Å². The topological polar surface area (TPSA) is 119 Å². The second kappa shape index (κ2) is 7.55. The van der Waals surface area contributed by atoms with Crippen LogP contribution in [-0.2, 0) is 4.74 Å². The average Bonchev–Trinajstić information content (AvgIpc) is 3.04. The number of amides is 3. The molecule has 1 aliphatic heterocycles. The number of benzene rings is 2. The molecule has 0 bridgehead atoms. The number of hydrogen-bond acceptors (Lipinski definition) is 7. The summed E-state index contributed by atoms with van der Waals surface area (Å²) in [6.45, 7) is 0. The molecule has 9 heteroatoms. The first-order valence-electron chi connectivity index (χ1n) is 8.79. The fourth-order valence-electron chi connectivity index (χ4n) is 3.00. The highest BCUT2D eigenvalue weighted by molar-refractivity contribution is 6.34. The molecular formula is C21H14N4O5. The maximum Gasteiger partial charge on any atom is 0.337 e. The van der Waals surface area contributed by atoms with E-state index < -0.39 is 17.8 Å². The van der Waals surface area contributed by atoms with Gasteiger partial charge < -0.3 is 10.1 Å². The Morgan fingerprint density at radius 1 is 0.833 bits per heavy atom. The van der Waals surface area contributed by atoms with Crippen molar-refractivity contribution in [2.24, 2.45) is 0 Å². The molecule has 0 spiro atoms. The number of ether oxygens (including phenoxy) is 1. The number of esters is 1. The molecule has 0 unspecified atom stereocenters. The molecule has 30 heavy (non-hydrogen) atoms. The molecule has 0 fully saturated rings. The van der Waals surface area contributed by atoms with Crippen molar-refractivity contribution < 1.29 is 23.9 Å². The molecule has 3 aromatic rings. The van der Waals surface area contributed by atoms with E-state index in [4.69, 9.17) is 0 Å². The van der Waals surface area contributed by atoms with Crippen LogP contribution in [-0.4, -0.2) is 41.0 Å². The first-order valence-corrected chi connectivity index (χ1v) is 8.79. The number of hydrogen-bond donors (Lipinski definition) is 1. The summed E-state index contributed by atoms with van der Waals surface area (Å²) < 4.78 is 4.63. The largest absolute Gasteiger partial charge is 0.465 e.